The van der Waals surface area contributed by atoms with E-state index in [1.54, 1.807) is 0 Å². The summed E-state index contributed by atoms with van der Waals surface area (Å²) in [5, 5.41) is 4.30. The monoisotopic (exact) mass is 182 g/mol. The van der Waals surface area contributed by atoms with Crippen molar-refractivity contribution in [1.82, 2.24) is 14.8 Å². The Balaban J connectivity index is 2.80. The summed E-state index contributed by atoms with van der Waals surface area (Å²) in [7, 11) is 1.94. The molecule has 0 aliphatic carbocycles. The summed E-state index contributed by atoms with van der Waals surface area (Å²) in [5.74, 6) is 2.37. The number of aromatic nitrogens is 3. The summed E-state index contributed by atoms with van der Waals surface area (Å²) in [5.41, 5.74) is 5.50. The summed E-state index contributed by atoms with van der Waals surface area (Å²) >= 11 is 0. The highest BCUT2D eigenvalue weighted by molar-refractivity contribution is 4.98. The molecule has 1 aromatic heterocycles. The van der Waals surface area contributed by atoms with E-state index in [0.717, 1.165) is 24.5 Å². The van der Waals surface area contributed by atoms with Crippen LogP contribution in [0.4, 0.5) is 0 Å². The van der Waals surface area contributed by atoms with Crippen LogP contribution in [0.3, 0.4) is 0 Å². The SMILES string of the molecule is CCc1nc(C(C)CCN)n(C)n1. The van der Waals surface area contributed by atoms with Gasteiger partial charge in [0, 0.05) is 19.4 Å². The number of nitrogens with two attached hydrogens (primary N) is 1. The molecule has 74 valence electrons. The van der Waals surface area contributed by atoms with E-state index in [1.807, 2.05) is 11.7 Å². The molecule has 0 amide bonds. The molecule has 1 rings (SSSR count). The van der Waals surface area contributed by atoms with Gasteiger partial charge in [-0.1, -0.05) is 13.8 Å². The van der Waals surface area contributed by atoms with Crippen LogP contribution in [-0.2, 0) is 13.5 Å². The van der Waals surface area contributed by atoms with Gasteiger partial charge in [-0.05, 0) is 13.0 Å². The minimum Gasteiger partial charge on any atom is -0.330 e. The Morgan fingerprint density at radius 3 is 2.69 bits per heavy atom. The molecule has 0 radical (unpaired) electrons. The molecule has 0 aromatic carbocycles. The van der Waals surface area contributed by atoms with Crippen LogP contribution in [0.1, 0.15) is 37.8 Å². The Labute approximate surface area is 79.2 Å². The summed E-state index contributed by atoms with van der Waals surface area (Å²) in [6.45, 7) is 4.90. The zero-order chi connectivity index (χ0) is 9.84. The van der Waals surface area contributed by atoms with Crippen LogP contribution in [0.5, 0.6) is 0 Å². The molecule has 0 fully saturated rings. The third kappa shape index (κ3) is 2.28. The van der Waals surface area contributed by atoms with Gasteiger partial charge in [-0.15, -0.1) is 0 Å². The van der Waals surface area contributed by atoms with Crippen molar-refractivity contribution in [3.05, 3.63) is 11.6 Å². The van der Waals surface area contributed by atoms with Gasteiger partial charge >= 0.3 is 0 Å². The third-order valence-electron chi connectivity index (χ3n) is 2.20. The first kappa shape index (κ1) is 10.2. The molecule has 4 nitrogen and oxygen atoms in total. The van der Waals surface area contributed by atoms with Crippen molar-refractivity contribution in [2.24, 2.45) is 12.8 Å². The molecular formula is C9H18N4. The molecule has 4 heteroatoms. The quantitative estimate of drug-likeness (QED) is 0.750. The van der Waals surface area contributed by atoms with Crippen LogP contribution in [0.25, 0.3) is 0 Å². The van der Waals surface area contributed by atoms with Crippen LogP contribution in [0.2, 0.25) is 0 Å². The summed E-state index contributed by atoms with van der Waals surface area (Å²) < 4.78 is 1.86. The summed E-state index contributed by atoms with van der Waals surface area (Å²) in [6.07, 6.45) is 1.86. The molecule has 1 atom stereocenters. The second kappa shape index (κ2) is 4.37. The van der Waals surface area contributed by atoms with E-state index in [2.05, 4.69) is 23.9 Å². The predicted octanol–water partition coefficient (Wildman–Crippen LogP) is 0.830. The van der Waals surface area contributed by atoms with Crippen LogP contribution in [0, 0.1) is 0 Å². The van der Waals surface area contributed by atoms with Gasteiger partial charge in [0.05, 0.1) is 0 Å². The lowest BCUT2D eigenvalue weighted by atomic mass is 10.1. The van der Waals surface area contributed by atoms with E-state index >= 15 is 0 Å². The molecule has 0 spiro atoms. The van der Waals surface area contributed by atoms with E-state index in [4.69, 9.17) is 5.73 Å². The second-order valence-electron chi connectivity index (χ2n) is 3.34. The molecule has 1 heterocycles. The number of rotatable bonds is 4. The summed E-state index contributed by atoms with van der Waals surface area (Å²) in [6, 6.07) is 0. The first-order chi connectivity index (χ1) is 6.19. The van der Waals surface area contributed by atoms with Crippen molar-refractivity contribution in [3.63, 3.8) is 0 Å². The van der Waals surface area contributed by atoms with Gasteiger partial charge in [-0.3, -0.25) is 4.68 Å². The molecule has 1 aromatic rings. The smallest absolute Gasteiger partial charge is 0.150 e. The number of hydrogen-bond acceptors (Lipinski definition) is 3. The zero-order valence-corrected chi connectivity index (χ0v) is 8.62. The lowest BCUT2D eigenvalue weighted by molar-refractivity contribution is 0.592. The standard InChI is InChI=1S/C9H18N4/c1-4-8-11-9(13(3)12-8)7(2)5-6-10/h7H,4-6,10H2,1-3H3. The molecule has 0 saturated carbocycles. The fourth-order valence-corrected chi connectivity index (χ4v) is 1.41. The van der Waals surface area contributed by atoms with Gasteiger partial charge in [0.1, 0.15) is 5.82 Å². The number of aryl methyl sites for hydroxylation is 2. The van der Waals surface area contributed by atoms with Crippen molar-refractivity contribution in [2.75, 3.05) is 6.54 Å². The van der Waals surface area contributed by atoms with Crippen LogP contribution in [-0.4, -0.2) is 21.3 Å². The molecule has 2 N–H and O–H groups in total. The summed E-state index contributed by atoms with van der Waals surface area (Å²) in [4.78, 5) is 4.44. The average Bonchev–Trinajstić information content (AvgIpc) is 2.47. The molecule has 0 bridgehead atoms. The molecule has 0 aliphatic rings. The van der Waals surface area contributed by atoms with Gasteiger partial charge in [-0.25, -0.2) is 4.98 Å². The van der Waals surface area contributed by atoms with Gasteiger partial charge in [0.2, 0.25) is 0 Å². The van der Waals surface area contributed by atoms with E-state index in [9.17, 15) is 0 Å². The second-order valence-corrected chi connectivity index (χ2v) is 3.34. The van der Waals surface area contributed by atoms with Gasteiger partial charge in [0.25, 0.3) is 0 Å². The Morgan fingerprint density at radius 1 is 1.54 bits per heavy atom. The zero-order valence-electron chi connectivity index (χ0n) is 8.62. The first-order valence-electron chi connectivity index (χ1n) is 4.78. The fourth-order valence-electron chi connectivity index (χ4n) is 1.41. The van der Waals surface area contributed by atoms with Gasteiger partial charge in [0.15, 0.2) is 5.82 Å². The van der Waals surface area contributed by atoms with Crippen LogP contribution < -0.4 is 5.73 Å². The van der Waals surface area contributed by atoms with Crippen molar-refractivity contribution < 1.29 is 0 Å². The van der Waals surface area contributed by atoms with Gasteiger partial charge in [-0.2, -0.15) is 5.10 Å². The lowest BCUT2D eigenvalue weighted by Crippen LogP contribution is -2.09. The Bertz CT molecular complexity index is 267. The topological polar surface area (TPSA) is 56.7 Å². The highest BCUT2D eigenvalue weighted by Crippen LogP contribution is 2.15. The maximum atomic E-state index is 5.50. The fraction of sp³-hybridized carbons (Fsp3) is 0.778. The maximum Gasteiger partial charge on any atom is 0.150 e. The van der Waals surface area contributed by atoms with E-state index < -0.39 is 0 Å². The van der Waals surface area contributed by atoms with Crippen molar-refractivity contribution in [1.29, 1.82) is 0 Å². The predicted molar refractivity (Wildman–Crippen MR) is 52.5 cm³/mol. The maximum absolute atomic E-state index is 5.50. The average molecular weight is 182 g/mol. The van der Waals surface area contributed by atoms with E-state index in [1.165, 1.54) is 0 Å². The van der Waals surface area contributed by atoms with Crippen LogP contribution in [0.15, 0.2) is 0 Å². The van der Waals surface area contributed by atoms with Crippen LogP contribution >= 0.6 is 0 Å². The van der Waals surface area contributed by atoms with Crippen molar-refractivity contribution in [3.8, 4) is 0 Å². The molecule has 0 saturated heterocycles. The molecule has 1 unspecified atom stereocenters. The van der Waals surface area contributed by atoms with Gasteiger partial charge < -0.3 is 5.73 Å². The molecule has 13 heavy (non-hydrogen) atoms. The Morgan fingerprint density at radius 2 is 2.23 bits per heavy atom. The number of hydrogen-bond donors (Lipinski definition) is 1. The number of nitrogens with zero attached hydrogens (tertiary/aromatic N) is 3. The normalized spacial score (nSPS) is 13.2. The van der Waals surface area contributed by atoms with E-state index in [-0.39, 0.29) is 0 Å². The minimum atomic E-state index is 0.405. The molecule has 0 aliphatic heterocycles. The van der Waals surface area contributed by atoms with Crippen molar-refractivity contribution in [2.45, 2.75) is 32.6 Å². The van der Waals surface area contributed by atoms with E-state index in [0.29, 0.717) is 12.5 Å². The minimum absolute atomic E-state index is 0.405. The highest BCUT2D eigenvalue weighted by Gasteiger charge is 2.12. The Hall–Kier alpha value is -0.900. The van der Waals surface area contributed by atoms with Crippen molar-refractivity contribution >= 4 is 0 Å². The third-order valence-corrected chi connectivity index (χ3v) is 2.20. The highest BCUT2D eigenvalue weighted by atomic mass is 15.3. The lowest BCUT2D eigenvalue weighted by Gasteiger charge is -2.07. The Kier molecular flexibility index (Phi) is 3.42. The first-order valence-corrected chi connectivity index (χ1v) is 4.78. The molecular weight excluding hydrogens is 164 g/mol. The largest absolute Gasteiger partial charge is 0.330 e.